The SMILES string of the molecule is O=C(C1CCCN(C(=O)C2CC2)C1)N1CCN(c2ccnc(-c3ccccc3)n2)CC1. The molecule has 0 radical (unpaired) electrons. The topological polar surface area (TPSA) is 69.6 Å². The number of piperazine rings is 1. The minimum absolute atomic E-state index is 0.0493. The smallest absolute Gasteiger partial charge is 0.227 e. The summed E-state index contributed by atoms with van der Waals surface area (Å²) in [5.41, 5.74) is 1.00. The quantitative estimate of drug-likeness (QED) is 0.761. The minimum atomic E-state index is -0.0493. The van der Waals surface area contributed by atoms with Crippen LogP contribution in [0.1, 0.15) is 25.7 Å². The second-order valence-electron chi connectivity index (χ2n) is 8.81. The Hall–Kier alpha value is -2.96. The van der Waals surface area contributed by atoms with Gasteiger partial charge in [-0.1, -0.05) is 30.3 Å². The van der Waals surface area contributed by atoms with Crippen LogP contribution in [0.2, 0.25) is 0 Å². The van der Waals surface area contributed by atoms with Gasteiger partial charge < -0.3 is 14.7 Å². The van der Waals surface area contributed by atoms with E-state index in [1.165, 1.54) is 0 Å². The molecule has 1 saturated carbocycles. The zero-order chi connectivity index (χ0) is 21.2. The number of carbonyl (C=O) groups excluding carboxylic acids is 2. The summed E-state index contributed by atoms with van der Waals surface area (Å²) in [5, 5.41) is 0. The Balaban J connectivity index is 1.19. The van der Waals surface area contributed by atoms with Crippen LogP contribution in [-0.4, -0.2) is 70.9 Å². The van der Waals surface area contributed by atoms with Crippen molar-refractivity contribution < 1.29 is 9.59 Å². The maximum Gasteiger partial charge on any atom is 0.227 e. The highest BCUT2D eigenvalue weighted by Crippen LogP contribution is 2.33. The molecule has 5 rings (SSSR count). The van der Waals surface area contributed by atoms with Crippen LogP contribution in [0, 0.1) is 11.8 Å². The van der Waals surface area contributed by atoms with E-state index < -0.39 is 0 Å². The largest absolute Gasteiger partial charge is 0.353 e. The molecule has 1 atom stereocenters. The highest BCUT2D eigenvalue weighted by atomic mass is 16.2. The number of likely N-dealkylation sites (tertiary alicyclic amines) is 1. The van der Waals surface area contributed by atoms with Crippen LogP contribution in [0.5, 0.6) is 0 Å². The van der Waals surface area contributed by atoms with Gasteiger partial charge in [0.2, 0.25) is 11.8 Å². The molecule has 7 heteroatoms. The zero-order valence-electron chi connectivity index (χ0n) is 17.8. The molecule has 2 aliphatic heterocycles. The maximum absolute atomic E-state index is 13.1. The van der Waals surface area contributed by atoms with Crippen LogP contribution < -0.4 is 4.90 Å². The molecule has 3 aliphatic rings. The fourth-order valence-corrected chi connectivity index (χ4v) is 4.63. The number of aromatic nitrogens is 2. The Morgan fingerprint density at radius 2 is 1.55 bits per heavy atom. The van der Waals surface area contributed by atoms with Gasteiger partial charge in [0.1, 0.15) is 5.82 Å². The molecule has 3 fully saturated rings. The Morgan fingerprint density at radius 1 is 0.806 bits per heavy atom. The van der Waals surface area contributed by atoms with Crippen LogP contribution in [0.3, 0.4) is 0 Å². The lowest BCUT2D eigenvalue weighted by molar-refractivity contribution is -0.141. The Morgan fingerprint density at radius 3 is 2.29 bits per heavy atom. The molecule has 1 aliphatic carbocycles. The Kier molecular flexibility index (Phi) is 5.57. The number of benzene rings is 1. The maximum atomic E-state index is 13.1. The van der Waals surface area contributed by atoms with Gasteiger partial charge in [-0.25, -0.2) is 9.97 Å². The van der Waals surface area contributed by atoms with Crippen molar-refractivity contribution in [1.82, 2.24) is 19.8 Å². The van der Waals surface area contributed by atoms with Crippen LogP contribution >= 0.6 is 0 Å². The number of carbonyl (C=O) groups is 2. The van der Waals surface area contributed by atoms with Crippen molar-refractivity contribution in [2.45, 2.75) is 25.7 Å². The van der Waals surface area contributed by atoms with Gasteiger partial charge in [-0.2, -0.15) is 0 Å². The van der Waals surface area contributed by atoms with Crippen LogP contribution in [0.25, 0.3) is 11.4 Å². The van der Waals surface area contributed by atoms with Crippen molar-refractivity contribution in [1.29, 1.82) is 0 Å². The highest BCUT2D eigenvalue weighted by molar-refractivity contribution is 5.83. The third kappa shape index (κ3) is 4.40. The fraction of sp³-hybridized carbons (Fsp3) is 0.500. The van der Waals surface area contributed by atoms with E-state index in [1.54, 1.807) is 6.20 Å². The summed E-state index contributed by atoms with van der Waals surface area (Å²) in [5.74, 6) is 2.28. The molecule has 0 N–H and O–H groups in total. The molecule has 162 valence electrons. The second-order valence-corrected chi connectivity index (χ2v) is 8.81. The average molecular weight is 420 g/mol. The van der Waals surface area contributed by atoms with Crippen LogP contribution in [0.15, 0.2) is 42.6 Å². The lowest BCUT2D eigenvalue weighted by Gasteiger charge is -2.39. The number of rotatable bonds is 4. The predicted octanol–water partition coefficient (Wildman–Crippen LogP) is 2.44. The highest BCUT2D eigenvalue weighted by Gasteiger charge is 2.38. The summed E-state index contributed by atoms with van der Waals surface area (Å²) in [4.78, 5) is 40.8. The molecule has 0 bridgehead atoms. The van der Waals surface area contributed by atoms with Gasteiger partial charge in [0.25, 0.3) is 0 Å². The summed E-state index contributed by atoms with van der Waals surface area (Å²) in [6, 6.07) is 11.9. The third-order valence-electron chi connectivity index (χ3n) is 6.60. The normalized spacial score (nSPS) is 21.8. The monoisotopic (exact) mass is 419 g/mol. The van der Waals surface area contributed by atoms with E-state index in [0.29, 0.717) is 19.6 Å². The number of anilines is 1. The number of hydrogen-bond donors (Lipinski definition) is 0. The molecule has 2 saturated heterocycles. The van der Waals surface area contributed by atoms with Gasteiger partial charge >= 0.3 is 0 Å². The summed E-state index contributed by atoms with van der Waals surface area (Å²) < 4.78 is 0. The molecule has 3 heterocycles. The molecule has 1 aromatic heterocycles. The van der Waals surface area contributed by atoms with Crippen LogP contribution in [0.4, 0.5) is 5.82 Å². The second kappa shape index (κ2) is 8.65. The number of piperidine rings is 1. The van der Waals surface area contributed by atoms with Gasteiger partial charge in [-0.15, -0.1) is 0 Å². The Bertz CT molecular complexity index is 938. The zero-order valence-corrected chi connectivity index (χ0v) is 17.8. The molecule has 1 unspecified atom stereocenters. The molecule has 0 spiro atoms. The Labute approximate surface area is 183 Å². The summed E-state index contributed by atoms with van der Waals surface area (Å²) >= 11 is 0. The summed E-state index contributed by atoms with van der Waals surface area (Å²) in [6.45, 7) is 4.31. The van der Waals surface area contributed by atoms with Crippen molar-refractivity contribution in [3.05, 3.63) is 42.6 Å². The summed E-state index contributed by atoms with van der Waals surface area (Å²) in [6.07, 6.45) is 5.66. The van der Waals surface area contributed by atoms with Gasteiger partial charge in [0, 0.05) is 56.9 Å². The van der Waals surface area contributed by atoms with Crippen molar-refractivity contribution in [3.63, 3.8) is 0 Å². The van der Waals surface area contributed by atoms with Crippen LogP contribution in [-0.2, 0) is 9.59 Å². The predicted molar refractivity (Wildman–Crippen MR) is 118 cm³/mol. The fourth-order valence-electron chi connectivity index (χ4n) is 4.63. The van der Waals surface area contributed by atoms with Crippen molar-refractivity contribution >= 4 is 17.6 Å². The molecular formula is C24H29N5O2. The molecule has 7 nitrogen and oxygen atoms in total. The lowest BCUT2D eigenvalue weighted by atomic mass is 9.95. The first-order chi connectivity index (χ1) is 15.2. The van der Waals surface area contributed by atoms with E-state index in [4.69, 9.17) is 4.98 Å². The van der Waals surface area contributed by atoms with E-state index in [9.17, 15) is 9.59 Å². The van der Waals surface area contributed by atoms with E-state index in [1.807, 2.05) is 46.2 Å². The van der Waals surface area contributed by atoms with Gasteiger partial charge in [0.05, 0.1) is 5.92 Å². The van der Waals surface area contributed by atoms with Crippen molar-refractivity contribution in [2.24, 2.45) is 11.8 Å². The standard InChI is InChI=1S/C24H29N5O2/c30-23(19-8-9-19)29-12-4-7-20(17-29)24(31)28-15-13-27(14-16-28)21-10-11-25-22(26-21)18-5-2-1-3-6-18/h1-3,5-6,10-11,19-20H,4,7-9,12-17H2. The van der Waals surface area contributed by atoms with Gasteiger partial charge in [0.15, 0.2) is 5.82 Å². The third-order valence-corrected chi connectivity index (χ3v) is 6.60. The van der Waals surface area contributed by atoms with Crippen molar-refractivity contribution in [2.75, 3.05) is 44.2 Å². The minimum Gasteiger partial charge on any atom is -0.353 e. The van der Waals surface area contributed by atoms with Gasteiger partial charge in [-0.05, 0) is 31.7 Å². The first kappa shape index (κ1) is 20.0. The first-order valence-corrected chi connectivity index (χ1v) is 11.4. The molecule has 2 amide bonds. The first-order valence-electron chi connectivity index (χ1n) is 11.4. The average Bonchev–Trinajstić information content (AvgIpc) is 3.70. The number of nitrogens with zero attached hydrogens (tertiary/aromatic N) is 5. The van der Waals surface area contributed by atoms with E-state index >= 15 is 0 Å². The summed E-state index contributed by atoms with van der Waals surface area (Å²) in [7, 11) is 0. The lowest BCUT2D eigenvalue weighted by Crippen LogP contribution is -2.53. The number of amides is 2. The van der Waals surface area contributed by atoms with E-state index in [0.717, 1.165) is 62.5 Å². The van der Waals surface area contributed by atoms with Crippen molar-refractivity contribution in [3.8, 4) is 11.4 Å². The molecule has 1 aromatic carbocycles. The molecule has 31 heavy (non-hydrogen) atoms. The van der Waals surface area contributed by atoms with E-state index in [-0.39, 0.29) is 23.7 Å². The van der Waals surface area contributed by atoms with E-state index in [2.05, 4.69) is 9.88 Å². The molecule has 2 aromatic rings. The number of hydrogen-bond acceptors (Lipinski definition) is 5. The molecular weight excluding hydrogens is 390 g/mol. The van der Waals surface area contributed by atoms with Gasteiger partial charge in [-0.3, -0.25) is 9.59 Å².